The van der Waals surface area contributed by atoms with Crippen molar-refractivity contribution < 1.29 is 13.2 Å². The summed E-state index contributed by atoms with van der Waals surface area (Å²) in [6.07, 6.45) is 4.42. The number of hydrogen-bond acceptors (Lipinski definition) is 4. The van der Waals surface area contributed by atoms with Crippen molar-refractivity contribution in [1.29, 1.82) is 0 Å². The lowest BCUT2D eigenvalue weighted by molar-refractivity contribution is -0.114. The Hall–Kier alpha value is -3.39. The van der Waals surface area contributed by atoms with Crippen molar-refractivity contribution in [2.75, 3.05) is 0 Å². The zero-order valence-electron chi connectivity index (χ0n) is 17.7. The van der Waals surface area contributed by atoms with Gasteiger partial charge >= 0.3 is 0 Å². The minimum atomic E-state index is -3.85. The van der Waals surface area contributed by atoms with Crippen LogP contribution in [0, 0.1) is 0 Å². The van der Waals surface area contributed by atoms with E-state index in [0.29, 0.717) is 32.4 Å². The van der Waals surface area contributed by atoms with Gasteiger partial charge in [-0.05, 0) is 35.9 Å². The molecule has 4 rings (SSSR count). The molecular formula is C25H19Cl2N3O3S. The van der Waals surface area contributed by atoms with Crippen molar-refractivity contribution in [3.63, 3.8) is 0 Å². The second-order valence-corrected chi connectivity index (χ2v) is 9.92. The van der Waals surface area contributed by atoms with E-state index in [9.17, 15) is 13.2 Å². The van der Waals surface area contributed by atoms with Crippen molar-refractivity contribution in [3.05, 3.63) is 112 Å². The molecule has 1 heterocycles. The Balaban J connectivity index is 1.61. The lowest BCUT2D eigenvalue weighted by atomic mass is 10.1. The number of aromatic nitrogens is 2. The van der Waals surface area contributed by atoms with Gasteiger partial charge in [-0.1, -0.05) is 77.8 Å². The summed E-state index contributed by atoms with van der Waals surface area (Å²) in [6, 6.07) is 23.2. The molecule has 4 aromatic rings. The van der Waals surface area contributed by atoms with Gasteiger partial charge in [-0.25, -0.2) is 17.8 Å². The van der Waals surface area contributed by atoms with Crippen LogP contribution >= 0.6 is 23.2 Å². The van der Waals surface area contributed by atoms with Crippen LogP contribution in [0.5, 0.6) is 0 Å². The fourth-order valence-electron chi connectivity index (χ4n) is 3.27. The first-order chi connectivity index (χ1) is 16.3. The topological polar surface area (TPSA) is 81.1 Å². The fourth-order valence-corrected chi connectivity index (χ4v) is 4.65. The number of sulfonamides is 1. The lowest BCUT2D eigenvalue weighted by Gasteiger charge is -2.05. The molecule has 0 saturated carbocycles. The van der Waals surface area contributed by atoms with E-state index in [4.69, 9.17) is 23.2 Å². The Labute approximate surface area is 207 Å². The quantitative estimate of drug-likeness (QED) is 0.332. The van der Waals surface area contributed by atoms with Gasteiger partial charge in [-0.15, -0.1) is 0 Å². The smallest absolute Gasteiger partial charge is 0.257 e. The molecule has 9 heteroatoms. The number of amides is 1. The Morgan fingerprint density at radius 3 is 2.29 bits per heavy atom. The molecule has 0 saturated heterocycles. The van der Waals surface area contributed by atoms with Crippen LogP contribution in [0.1, 0.15) is 11.1 Å². The van der Waals surface area contributed by atoms with E-state index in [1.807, 2.05) is 30.3 Å². The highest BCUT2D eigenvalue weighted by Crippen LogP contribution is 2.30. The van der Waals surface area contributed by atoms with Gasteiger partial charge in [-0.2, -0.15) is 5.10 Å². The number of nitrogens with one attached hydrogen (secondary N) is 1. The van der Waals surface area contributed by atoms with Gasteiger partial charge in [0.05, 0.1) is 21.5 Å². The Bertz CT molecular complexity index is 1450. The third-order valence-corrected chi connectivity index (χ3v) is 6.79. The number of halogens is 2. The predicted molar refractivity (Wildman–Crippen MR) is 135 cm³/mol. The second kappa shape index (κ2) is 10.3. The number of nitrogens with zero attached hydrogens (tertiary/aromatic N) is 2. The number of benzene rings is 3. The molecule has 0 aliphatic carbocycles. The molecule has 0 bridgehead atoms. The molecule has 0 spiro atoms. The number of carbonyl (C=O) groups is 1. The van der Waals surface area contributed by atoms with Gasteiger partial charge in [0.15, 0.2) is 0 Å². The summed E-state index contributed by atoms with van der Waals surface area (Å²) < 4.78 is 28.5. The molecule has 0 atom stereocenters. The van der Waals surface area contributed by atoms with Crippen LogP contribution in [0.25, 0.3) is 23.0 Å². The molecular weight excluding hydrogens is 493 g/mol. The van der Waals surface area contributed by atoms with E-state index in [2.05, 4.69) is 9.82 Å². The third kappa shape index (κ3) is 5.94. The molecule has 0 aliphatic heterocycles. The van der Waals surface area contributed by atoms with Gasteiger partial charge in [0, 0.05) is 23.4 Å². The van der Waals surface area contributed by atoms with Crippen LogP contribution in [-0.4, -0.2) is 24.1 Å². The molecule has 0 aliphatic rings. The van der Waals surface area contributed by atoms with Gasteiger partial charge in [0.25, 0.3) is 5.91 Å². The van der Waals surface area contributed by atoms with Crippen molar-refractivity contribution in [2.45, 2.75) is 5.75 Å². The first-order valence-electron chi connectivity index (χ1n) is 10.2. The highest BCUT2D eigenvalue weighted by Gasteiger charge is 2.15. The SMILES string of the molecule is O=C(/C=C/c1cn(-c2ccccc2)nc1-c1ccc(Cl)c(Cl)c1)NS(=O)(=O)Cc1ccccc1. The summed E-state index contributed by atoms with van der Waals surface area (Å²) in [4.78, 5) is 12.4. The molecule has 34 heavy (non-hydrogen) atoms. The maximum atomic E-state index is 12.4. The van der Waals surface area contributed by atoms with Gasteiger partial charge in [0.2, 0.25) is 10.0 Å². The maximum Gasteiger partial charge on any atom is 0.257 e. The number of rotatable bonds is 7. The summed E-state index contributed by atoms with van der Waals surface area (Å²) in [5.74, 6) is -1.06. The first-order valence-corrected chi connectivity index (χ1v) is 12.6. The van der Waals surface area contributed by atoms with E-state index in [1.165, 1.54) is 6.08 Å². The molecule has 3 aromatic carbocycles. The number of carbonyl (C=O) groups excluding carboxylic acids is 1. The summed E-state index contributed by atoms with van der Waals surface area (Å²) in [6.45, 7) is 0. The minimum absolute atomic E-state index is 0.298. The van der Waals surface area contributed by atoms with Gasteiger partial charge < -0.3 is 0 Å². The molecule has 1 N–H and O–H groups in total. The van der Waals surface area contributed by atoms with Gasteiger partial charge in [0.1, 0.15) is 5.69 Å². The van der Waals surface area contributed by atoms with Crippen LogP contribution in [0.15, 0.2) is 91.1 Å². The normalized spacial score (nSPS) is 11.6. The average Bonchev–Trinajstić information content (AvgIpc) is 3.24. The Morgan fingerprint density at radius 1 is 0.941 bits per heavy atom. The van der Waals surface area contributed by atoms with Crippen LogP contribution in [0.4, 0.5) is 0 Å². The zero-order valence-corrected chi connectivity index (χ0v) is 20.1. The van der Waals surface area contributed by atoms with E-state index in [0.717, 1.165) is 11.8 Å². The second-order valence-electron chi connectivity index (χ2n) is 7.39. The summed E-state index contributed by atoms with van der Waals surface area (Å²) in [7, 11) is -3.85. The molecule has 0 radical (unpaired) electrons. The summed E-state index contributed by atoms with van der Waals surface area (Å²) >= 11 is 12.2. The highest BCUT2D eigenvalue weighted by atomic mass is 35.5. The lowest BCUT2D eigenvalue weighted by Crippen LogP contribution is -2.30. The van der Waals surface area contributed by atoms with Crippen LogP contribution < -0.4 is 4.72 Å². The van der Waals surface area contributed by atoms with E-state index >= 15 is 0 Å². The molecule has 0 fully saturated rings. The predicted octanol–water partition coefficient (Wildman–Crippen LogP) is 5.51. The highest BCUT2D eigenvalue weighted by molar-refractivity contribution is 7.89. The first kappa shape index (κ1) is 23.8. The monoisotopic (exact) mass is 511 g/mol. The largest absolute Gasteiger partial charge is 0.269 e. The van der Waals surface area contributed by atoms with Crippen molar-refractivity contribution in [3.8, 4) is 16.9 Å². The van der Waals surface area contributed by atoms with Crippen molar-refractivity contribution in [1.82, 2.24) is 14.5 Å². The molecule has 172 valence electrons. The standard InChI is InChI=1S/C25H19Cl2N3O3S/c26-22-13-11-19(15-23(22)27)25-20(16-30(28-25)21-9-5-2-6-10-21)12-14-24(31)29-34(32,33)17-18-7-3-1-4-8-18/h1-16H,17H2,(H,29,31)/b14-12+. The van der Waals surface area contributed by atoms with Crippen LogP contribution in [0.3, 0.4) is 0 Å². The Kier molecular flexibility index (Phi) is 7.17. The van der Waals surface area contributed by atoms with E-state index in [1.54, 1.807) is 59.4 Å². The maximum absolute atomic E-state index is 12.4. The zero-order chi connectivity index (χ0) is 24.1. The van der Waals surface area contributed by atoms with E-state index < -0.39 is 15.9 Å². The molecule has 1 amide bonds. The fraction of sp³-hybridized carbons (Fsp3) is 0.0400. The number of hydrogen-bond donors (Lipinski definition) is 1. The molecule has 1 aromatic heterocycles. The van der Waals surface area contributed by atoms with Crippen molar-refractivity contribution in [2.24, 2.45) is 0 Å². The molecule has 6 nitrogen and oxygen atoms in total. The van der Waals surface area contributed by atoms with Gasteiger partial charge in [-0.3, -0.25) is 4.79 Å². The van der Waals surface area contributed by atoms with Crippen LogP contribution in [-0.2, 0) is 20.6 Å². The third-order valence-electron chi connectivity index (χ3n) is 4.83. The summed E-state index contributed by atoms with van der Waals surface area (Å²) in [5, 5.41) is 5.42. The molecule has 0 unspecified atom stereocenters. The minimum Gasteiger partial charge on any atom is -0.269 e. The summed E-state index contributed by atoms with van der Waals surface area (Å²) in [5.41, 5.74) is 3.24. The average molecular weight is 512 g/mol. The number of para-hydroxylation sites is 1. The van der Waals surface area contributed by atoms with Crippen LogP contribution in [0.2, 0.25) is 10.0 Å². The Morgan fingerprint density at radius 2 is 1.62 bits per heavy atom. The van der Waals surface area contributed by atoms with E-state index in [-0.39, 0.29) is 5.75 Å². The van der Waals surface area contributed by atoms with Crippen molar-refractivity contribution >= 4 is 45.2 Å².